The number of hydrogen-bond donors (Lipinski definition) is 1. The first kappa shape index (κ1) is 15.4. The standard InChI is InChI=1S/C11H16N2O5S/c1-8(7-18-2)12-10-5-4-9(19(3,16)17)6-11(10)13(14)15/h4-6,8,12H,7H2,1-3H3/t8-/m1/s1. The third-order valence-corrected chi connectivity index (χ3v) is 3.52. The molecule has 1 aromatic carbocycles. The summed E-state index contributed by atoms with van der Waals surface area (Å²) in [5.41, 5.74) is -0.00664. The fraction of sp³-hybridized carbons (Fsp3) is 0.455. The predicted octanol–water partition coefficient (Wildman–Crippen LogP) is 1.45. The van der Waals surface area contributed by atoms with E-state index in [-0.39, 0.29) is 22.3 Å². The molecule has 0 fully saturated rings. The number of sulfone groups is 1. The van der Waals surface area contributed by atoms with Crippen molar-refractivity contribution < 1.29 is 18.1 Å². The highest BCUT2D eigenvalue weighted by atomic mass is 32.2. The lowest BCUT2D eigenvalue weighted by Gasteiger charge is -2.14. The maximum Gasteiger partial charge on any atom is 0.293 e. The number of nitro groups is 1. The summed E-state index contributed by atoms with van der Waals surface area (Å²) in [6, 6.07) is 3.65. The third kappa shape index (κ3) is 4.18. The highest BCUT2D eigenvalue weighted by Gasteiger charge is 2.19. The molecule has 7 nitrogen and oxygen atoms in total. The Morgan fingerprint density at radius 3 is 2.58 bits per heavy atom. The Labute approximate surface area is 111 Å². The summed E-state index contributed by atoms with van der Waals surface area (Å²) in [5.74, 6) is 0. The fourth-order valence-corrected chi connectivity index (χ4v) is 2.21. The Morgan fingerprint density at radius 2 is 2.11 bits per heavy atom. The first-order chi connectivity index (χ1) is 8.75. The number of rotatable bonds is 6. The molecular formula is C11H16N2O5S. The Balaban J connectivity index is 3.16. The molecule has 0 aliphatic heterocycles. The molecule has 106 valence electrons. The molecule has 1 aromatic rings. The second-order valence-corrected chi connectivity index (χ2v) is 6.22. The number of nitrogens with one attached hydrogen (secondary N) is 1. The van der Waals surface area contributed by atoms with E-state index in [0.717, 1.165) is 12.3 Å². The Bertz CT molecular complexity index is 570. The van der Waals surface area contributed by atoms with Crippen molar-refractivity contribution in [3.05, 3.63) is 28.3 Å². The van der Waals surface area contributed by atoms with Crippen LogP contribution in [0.15, 0.2) is 23.1 Å². The molecule has 0 aliphatic carbocycles. The fourth-order valence-electron chi connectivity index (χ4n) is 1.57. The molecule has 0 spiro atoms. The van der Waals surface area contributed by atoms with Crippen molar-refractivity contribution in [3.8, 4) is 0 Å². The quantitative estimate of drug-likeness (QED) is 0.628. The summed E-state index contributed by atoms with van der Waals surface area (Å²) in [5, 5.41) is 13.9. The average Bonchev–Trinajstić information content (AvgIpc) is 2.27. The van der Waals surface area contributed by atoms with Crippen LogP contribution >= 0.6 is 0 Å². The summed E-state index contributed by atoms with van der Waals surface area (Å²) >= 11 is 0. The molecule has 0 bridgehead atoms. The normalized spacial score (nSPS) is 13.0. The average molecular weight is 288 g/mol. The van der Waals surface area contributed by atoms with E-state index in [1.54, 1.807) is 6.92 Å². The second kappa shape index (κ2) is 5.98. The largest absolute Gasteiger partial charge is 0.383 e. The lowest BCUT2D eigenvalue weighted by molar-refractivity contribution is -0.384. The van der Waals surface area contributed by atoms with Crippen molar-refractivity contribution in [2.75, 3.05) is 25.3 Å². The van der Waals surface area contributed by atoms with E-state index < -0.39 is 14.8 Å². The van der Waals surface area contributed by atoms with Gasteiger partial charge in [0, 0.05) is 25.5 Å². The van der Waals surface area contributed by atoms with Gasteiger partial charge in [-0.1, -0.05) is 0 Å². The molecule has 0 heterocycles. The number of nitro benzene ring substituents is 1. The topological polar surface area (TPSA) is 98.5 Å². The summed E-state index contributed by atoms with van der Waals surface area (Å²) in [6.45, 7) is 2.18. The number of anilines is 1. The van der Waals surface area contributed by atoms with Crippen LogP contribution < -0.4 is 5.32 Å². The number of ether oxygens (including phenoxy) is 1. The van der Waals surface area contributed by atoms with Crippen molar-refractivity contribution in [2.45, 2.75) is 17.9 Å². The van der Waals surface area contributed by atoms with Crippen LogP contribution in [0.1, 0.15) is 6.92 Å². The smallest absolute Gasteiger partial charge is 0.293 e. The highest BCUT2D eigenvalue weighted by molar-refractivity contribution is 7.90. The maximum absolute atomic E-state index is 11.4. The molecule has 0 amide bonds. The lowest BCUT2D eigenvalue weighted by atomic mass is 10.2. The zero-order valence-electron chi connectivity index (χ0n) is 10.9. The van der Waals surface area contributed by atoms with Gasteiger partial charge in [0.25, 0.3) is 5.69 Å². The van der Waals surface area contributed by atoms with Gasteiger partial charge in [-0.2, -0.15) is 0 Å². The van der Waals surface area contributed by atoms with E-state index >= 15 is 0 Å². The van der Waals surface area contributed by atoms with Gasteiger partial charge in [0.05, 0.1) is 16.4 Å². The van der Waals surface area contributed by atoms with Crippen molar-refractivity contribution in [2.24, 2.45) is 0 Å². The van der Waals surface area contributed by atoms with Crippen molar-refractivity contribution >= 4 is 21.2 Å². The Kier molecular flexibility index (Phi) is 4.84. The van der Waals surface area contributed by atoms with E-state index in [1.165, 1.54) is 19.2 Å². The van der Waals surface area contributed by atoms with Crippen LogP contribution in [-0.4, -0.2) is 39.4 Å². The van der Waals surface area contributed by atoms with Crippen LogP contribution in [0.25, 0.3) is 0 Å². The zero-order chi connectivity index (χ0) is 14.6. The van der Waals surface area contributed by atoms with Crippen LogP contribution in [0.2, 0.25) is 0 Å². The van der Waals surface area contributed by atoms with E-state index in [1.807, 2.05) is 0 Å². The number of hydrogen-bond acceptors (Lipinski definition) is 6. The summed E-state index contributed by atoms with van der Waals surface area (Å²) in [4.78, 5) is 10.3. The summed E-state index contributed by atoms with van der Waals surface area (Å²) < 4.78 is 27.7. The van der Waals surface area contributed by atoms with Gasteiger partial charge in [-0.05, 0) is 19.1 Å². The van der Waals surface area contributed by atoms with E-state index in [4.69, 9.17) is 4.74 Å². The number of benzene rings is 1. The van der Waals surface area contributed by atoms with E-state index in [0.29, 0.717) is 6.61 Å². The molecular weight excluding hydrogens is 272 g/mol. The van der Waals surface area contributed by atoms with Crippen LogP contribution in [0.4, 0.5) is 11.4 Å². The van der Waals surface area contributed by atoms with Gasteiger partial charge in [-0.15, -0.1) is 0 Å². The third-order valence-electron chi connectivity index (χ3n) is 2.41. The molecule has 1 N–H and O–H groups in total. The van der Waals surface area contributed by atoms with E-state index in [2.05, 4.69) is 5.32 Å². The molecule has 0 saturated carbocycles. The van der Waals surface area contributed by atoms with Crippen LogP contribution in [0, 0.1) is 10.1 Å². The Morgan fingerprint density at radius 1 is 1.47 bits per heavy atom. The predicted molar refractivity (Wildman–Crippen MR) is 71.2 cm³/mol. The minimum atomic E-state index is -3.47. The zero-order valence-corrected chi connectivity index (χ0v) is 11.7. The van der Waals surface area contributed by atoms with Crippen molar-refractivity contribution in [3.63, 3.8) is 0 Å². The van der Waals surface area contributed by atoms with Gasteiger partial charge in [0.2, 0.25) is 0 Å². The van der Waals surface area contributed by atoms with Crippen LogP contribution in [-0.2, 0) is 14.6 Å². The SMILES string of the molecule is COC[C@@H](C)Nc1ccc(S(C)(=O)=O)cc1[N+](=O)[O-]. The van der Waals surface area contributed by atoms with Gasteiger partial charge in [-0.25, -0.2) is 8.42 Å². The molecule has 0 saturated heterocycles. The molecule has 8 heteroatoms. The minimum Gasteiger partial charge on any atom is -0.383 e. The molecule has 0 unspecified atom stereocenters. The van der Waals surface area contributed by atoms with Crippen LogP contribution in [0.5, 0.6) is 0 Å². The number of methoxy groups -OCH3 is 1. The van der Waals surface area contributed by atoms with Gasteiger partial charge < -0.3 is 10.1 Å². The van der Waals surface area contributed by atoms with E-state index in [9.17, 15) is 18.5 Å². The molecule has 0 aliphatic rings. The second-order valence-electron chi connectivity index (χ2n) is 4.21. The van der Waals surface area contributed by atoms with Gasteiger partial charge >= 0.3 is 0 Å². The van der Waals surface area contributed by atoms with Crippen molar-refractivity contribution in [1.82, 2.24) is 0 Å². The van der Waals surface area contributed by atoms with Crippen LogP contribution in [0.3, 0.4) is 0 Å². The lowest BCUT2D eigenvalue weighted by Crippen LogP contribution is -2.21. The Hall–Kier alpha value is -1.67. The van der Waals surface area contributed by atoms with Crippen molar-refractivity contribution in [1.29, 1.82) is 0 Å². The van der Waals surface area contributed by atoms with Gasteiger partial charge in [-0.3, -0.25) is 10.1 Å². The molecule has 1 atom stereocenters. The first-order valence-electron chi connectivity index (χ1n) is 5.49. The monoisotopic (exact) mass is 288 g/mol. The molecule has 0 aromatic heterocycles. The first-order valence-corrected chi connectivity index (χ1v) is 7.39. The highest BCUT2D eigenvalue weighted by Crippen LogP contribution is 2.28. The summed E-state index contributed by atoms with van der Waals surface area (Å²) in [7, 11) is -1.94. The molecule has 0 radical (unpaired) electrons. The maximum atomic E-state index is 11.4. The summed E-state index contributed by atoms with van der Waals surface area (Å²) in [6.07, 6.45) is 1.01. The van der Waals surface area contributed by atoms with Gasteiger partial charge in [0.1, 0.15) is 5.69 Å². The van der Waals surface area contributed by atoms with Gasteiger partial charge in [0.15, 0.2) is 9.84 Å². The minimum absolute atomic E-state index is 0.0795. The molecule has 1 rings (SSSR count). The number of nitrogens with zero attached hydrogens (tertiary/aromatic N) is 1. The molecule has 19 heavy (non-hydrogen) atoms.